The average Bonchev–Trinajstić information content (AvgIpc) is 2.01. The molecule has 68 valence electrons. The summed E-state index contributed by atoms with van der Waals surface area (Å²) >= 11 is 0. The highest BCUT2D eigenvalue weighted by molar-refractivity contribution is 7.15. The first-order valence-corrected chi connectivity index (χ1v) is 4.74. The van der Waals surface area contributed by atoms with E-state index in [1.165, 1.54) is 22.3 Å². The molecule has 1 aromatic rings. The first kappa shape index (κ1) is 11.9. The summed E-state index contributed by atoms with van der Waals surface area (Å²) in [7, 11) is 2.77. The zero-order valence-corrected chi connectivity index (χ0v) is 9.82. The maximum absolute atomic E-state index is 2.77. The van der Waals surface area contributed by atoms with Gasteiger partial charge in [0.05, 0.1) is 0 Å². The van der Waals surface area contributed by atoms with Crippen molar-refractivity contribution in [1.82, 2.24) is 0 Å². The Morgan fingerprint density at radius 2 is 1.67 bits per heavy atom. The second kappa shape index (κ2) is 4.84. The van der Waals surface area contributed by atoms with E-state index in [1.54, 1.807) is 0 Å². The van der Waals surface area contributed by atoms with Gasteiger partial charge in [0.25, 0.3) is 0 Å². The molecule has 0 N–H and O–H groups in total. The van der Waals surface area contributed by atoms with Crippen LogP contribution >= 0.6 is 21.6 Å². The predicted octanol–water partition coefficient (Wildman–Crippen LogP) is 3.41. The van der Waals surface area contributed by atoms with Crippen molar-refractivity contribution in [1.29, 1.82) is 0 Å². The van der Waals surface area contributed by atoms with E-state index in [0.29, 0.717) is 0 Å². The van der Waals surface area contributed by atoms with Gasteiger partial charge in [-0.25, -0.2) is 0 Å². The molecule has 1 unspecified atom stereocenters. The van der Waals surface area contributed by atoms with Crippen LogP contribution in [0.5, 0.6) is 0 Å². The number of aryl methyl sites for hydroxylation is 1. The number of rotatable bonds is 1. The molecule has 0 nitrogen and oxygen atoms in total. The van der Waals surface area contributed by atoms with E-state index in [0.717, 1.165) is 6.16 Å². The summed E-state index contributed by atoms with van der Waals surface area (Å²) in [6, 6.07) is 4.41. The number of hydrogen-bond donors (Lipinski definition) is 0. The van der Waals surface area contributed by atoms with Gasteiger partial charge in [0.2, 0.25) is 0 Å². The Balaban J connectivity index is 0.00000121. The minimum atomic E-state index is 0. The van der Waals surface area contributed by atoms with Crippen molar-refractivity contribution in [3.63, 3.8) is 0 Å². The van der Waals surface area contributed by atoms with Crippen molar-refractivity contribution < 1.29 is 0 Å². The maximum atomic E-state index is 2.77. The van der Waals surface area contributed by atoms with Crippen molar-refractivity contribution in [2.75, 3.05) is 0 Å². The highest BCUT2D eigenvalue weighted by atomic mass is 35.5. The van der Waals surface area contributed by atoms with Crippen molar-refractivity contribution >= 4 is 21.6 Å². The molecule has 0 saturated heterocycles. The summed E-state index contributed by atoms with van der Waals surface area (Å²) in [5, 5.41) is 0. The molecule has 0 bridgehead atoms. The Morgan fingerprint density at radius 3 is 2.17 bits per heavy atom. The summed E-state index contributed by atoms with van der Waals surface area (Å²) in [5.41, 5.74) is 5.72. The molecule has 1 rings (SSSR count). The van der Waals surface area contributed by atoms with Gasteiger partial charge in [-0.2, -0.15) is 0 Å². The van der Waals surface area contributed by atoms with E-state index >= 15 is 0 Å². The summed E-state index contributed by atoms with van der Waals surface area (Å²) in [6.07, 6.45) is 1.06. The number of hydrogen-bond acceptors (Lipinski definition) is 0. The van der Waals surface area contributed by atoms with E-state index in [4.69, 9.17) is 0 Å². The van der Waals surface area contributed by atoms with Crippen molar-refractivity contribution in [3.05, 3.63) is 34.4 Å². The Labute approximate surface area is 83.4 Å². The Morgan fingerprint density at radius 1 is 1.08 bits per heavy atom. The molecular weight excluding hydrogens is 187 g/mol. The third-order valence-corrected chi connectivity index (χ3v) is 2.83. The molecule has 0 aliphatic rings. The smallest absolute Gasteiger partial charge is 0.0126 e. The van der Waals surface area contributed by atoms with Gasteiger partial charge in [-0.1, -0.05) is 12.1 Å². The molecule has 0 aromatic heterocycles. The Bertz CT molecular complexity index is 269. The molecule has 0 aliphatic heterocycles. The standard InChI is InChI=1S/C10H15P.ClH/c1-7-4-5-10(6-11)9(3)8(7)2;/h4-5H,6,11H2,1-3H3;1H. The lowest BCUT2D eigenvalue weighted by Gasteiger charge is -2.08. The molecule has 0 amide bonds. The molecule has 12 heavy (non-hydrogen) atoms. The fourth-order valence-corrected chi connectivity index (χ4v) is 1.68. The fourth-order valence-electron chi connectivity index (χ4n) is 1.23. The van der Waals surface area contributed by atoms with Crippen LogP contribution in [0.15, 0.2) is 12.1 Å². The normalized spacial score (nSPS) is 9.33. The molecule has 0 saturated carbocycles. The van der Waals surface area contributed by atoms with Gasteiger partial charge in [-0.05, 0) is 49.2 Å². The van der Waals surface area contributed by atoms with E-state index < -0.39 is 0 Å². The monoisotopic (exact) mass is 202 g/mol. The summed E-state index contributed by atoms with van der Waals surface area (Å²) in [5.74, 6) is 0. The lowest BCUT2D eigenvalue weighted by molar-refractivity contribution is 1.20. The lowest BCUT2D eigenvalue weighted by Crippen LogP contribution is -1.91. The summed E-state index contributed by atoms with van der Waals surface area (Å²) in [4.78, 5) is 0. The predicted molar refractivity (Wildman–Crippen MR) is 61.3 cm³/mol. The first-order valence-electron chi connectivity index (χ1n) is 3.92. The molecule has 1 aromatic carbocycles. The van der Waals surface area contributed by atoms with Crippen LogP contribution < -0.4 is 0 Å². The lowest BCUT2D eigenvalue weighted by atomic mass is 10.00. The minimum Gasteiger partial charge on any atom is -0.147 e. The van der Waals surface area contributed by atoms with Crippen LogP contribution in [0.4, 0.5) is 0 Å². The van der Waals surface area contributed by atoms with Gasteiger partial charge in [0.15, 0.2) is 0 Å². The van der Waals surface area contributed by atoms with Gasteiger partial charge in [0.1, 0.15) is 0 Å². The Kier molecular flexibility index (Phi) is 4.82. The van der Waals surface area contributed by atoms with Crippen LogP contribution in [-0.4, -0.2) is 0 Å². The molecule has 0 heterocycles. The van der Waals surface area contributed by atoms with E-state index in [1.807, 2.05) is 0 Å². The van der Waals surface area contributed by atoms with E-state index in [9.17, 15) is 0 Å². The van der Waals surface area contributed by atoms with Crippen LogP contribution in [0.2, 0.25) is 0 Å². The van der Waals surface area contributed by atoms with Crippen LogP contribution in [0.25, 0.3) is 0 Å². The average molecular weight is 203 g/mol. The van der Waals surface area contributed by atoms with Gasteiger partial charge in [-0.3, -0.25) is 0 Å². The highest BCUT2D eigenvalue weighted by Gasteiger charge is 2.00. The quantitative estimate of drug-likeness (QED) is 0.613. The third-order valence-electron chi connectivity index (χ3n) is 2.39. The largest absolute Gasteiger partial charge is 0.147 e. The molecular formula is C10H16ClP. The third kappa shape index (κ3) is 2.21. The maximum Gasteiger partial charge on any atom is -0.0126 e. The molecule has 0 fully saturated rings. The second-order valence-corrected chi connectivity index (χ2v) is 3.40. The topological polar surface area (TPSA) is 0 Å². The van der Waals surface area contributed by atoms with Crippen LogP contribution in [-0.2, 0) is 6.16 Å². The summed E-state index contributed by atoms with van der Waals surface area (Å²) < 4.78 is 0. The molecule has 0 radical (unpaired) electrons. The van der Waals surface area contributed by atoms with Crippen LogP contribution in [0.3, 0.4) is 0 Å². The van der Waals surface area contributed by atoms with Gasteiger partial charge < -0.3 is 0 Å². The van der Waals surface area contributed by atoms with Gasteiger partial charge >= 0.3 is 0 Å². The van der Waals surface area contributed by atoms with Crippen LogP contribution in [0, 0.1) is 20.8 Å². The Hall–Kier alpha value is -0.0600. The number of halogens is 1. The van der Waals surface area contributed by atoms with E-state index in [2.05, 4.69) is 42.1 Å². The molecule has 0 aliphatic carbocycles. The zero-order valence-electron chi connectivity index (χ0n) is 7.85. The van der Waals surface area contributed by atoms with Crippen LogP contribution in [0.1, 0.15) is 22.3 Å². The van der Waals surface area contributed by atoms with Crippen molar-refractivity contribution in [3.8, 4) is 0 Å². The molecule has 1 atom stereocenters. The van der Waals surface area contributed by atoms with Crippen molar-refractivity contribution in [2.45, 2.75) is 26.9 Å². The number of benzene rings is 1. The van der Waals surface area contributed by atoms with Gasteiger partial charge in [-0.15, -0.1) is 21.6 Å². The fraction of sp³-hybridized carbons (Fsp3) is 0.400. The first-order chi connectivity index (χ1) is 5.16. The van der Waals surface area contributed by atoms with Crippen molar-refractivity contribution in [2.24, 2.45) is 0 Å². The van der Waals surface area contributed by atoms with Gasteiger partial charge in [0, 0.05) is 0 Å². The molecule has 0 spiro atoms. The van der Waals surface area contributed by atoms with E-state index in [-0.39, 0.29) is 12.4 Å². The molecule has 2 heteroatoms. The second-order valence-electron chi connectivity index (χ2n) is 3.00. The highest BCUT2D eigenvalue weighted by Crippen LogP contribution is 2.18. The zero-order chi connectivity index (χ0) is 8.43. The SMILES string of the molecule is Cc1ccc(CP)c(C)c1C.Cl. The minimum absolute atomic E-state index is 0. The summed E-state index contributed by atoms with van der Waals surface area (Å²) in [6.45, 7) is 6.55.